The molecule has 0 heterocycles. The van der Waals surface area contributed by atoms with E-state index in [0.29, 0.717) is 0 Å². The minimum atomic E-state index is -0.898. The number of hydrogen-bond acceptors (Lipinski definition) is 4. The van der Waals surface area contributed by atoms with Crippen LogP contribution >= 0.6 is 0 Å². The zero-order valence-corrected chi connectivity index (χ0v) is 19.9. The molecule has 0 saturated carbocycles. The van der Waals surface area contributed by atoms with Crippen molar-refractivity contribution in [2.75, 3.05) is 19.6 Å². The standard InChI is InChI=1S/C24H46N2O4/c1-6-8-10-11-12-13-14-15-17-19-26(18-16-9-7-2)21(22(27)28)20-25-23(29)30-24(3,4)5/h6,21H,1,7-20H2,2-5H3,(H,25,29)(H,27,28)/t21-/m0/s1. The molecular weight excluding hydrogens is 380 g/mol. The van der Waals surface area contributed by atoms with Gasteiger partial charge in [-0.05, 0) is 59.5 Å². The van der Waals surface area contributed by atoms with Crippen molar-refractivity contribution < 1.29 is 19.4 Å². The summed E-state index contributed by atoms with van der Waals surface area (Å²) < 4.78 is 5.24. The maximum absolute atomic E-state index is 11.9. The van der Waals surface area contributed by atoms with E-state index in [2.05, 4.69) is 18.8 Å². The summed E-state index contributed by atoms with van der Waals surface area (Å²) in [7, 11) is 0. The third kappa shape index (κ3) is 16.3. The first kappa shape index (κ1) is 28.4. The number of aliphatic carboxylic acids is 1. The van der Waals surface area contributed by atoms with Gasteiger partial charge in [0.15, 0.2) is 0 Å². The van der Waals surface area contributed by atoms with Crippen LogP contribution in [0.4, 0.5) is 4.79 Å². The van der Waals surface area contributed by atoms with Gasteiger partial charge in [-0.1, -0.05) is 57.9 Å². The fourth-order valence-electron chi connectivity index (χ4n) is 3.34. The molecule has 6 heteroatoms. The van der Waals surface area contributed by atoms with Crippen molar-refractivity contribution in [3.8, 4) is 0 Å². The number of nitrogens with zero attached hydrogens (tertiary/aromatic N) is 1. The molecule has 6 nitrogen and oxygen atoms in total. The first-order chi connectivity index (χ1) is 14.2. The lowest BCUT2D eigenvalue weighted by atomic mass is 10.1. The molecule has 1 atom stereocenters. The normalized spacial score (nSPS) is 12.6. The summed E-state index contributed by atoms with van der Waals surface area (Å²) in [6, 6.07) is -0.728. The molecule has 0 unspecified atom stereocenters. The molecule has 0 saturated heterocycles. The molecule has 0 aliphatic rings. The van der Waals surface area contributed by atoms with Crippen molar-refractivity contribution in [1.29, 1.82) is 0 Å². The van der Waals surface area contributed by atoms with Crippen molar-refractivity contribution in [3.63, 3.8) is 0 Å². The molecule has 0 radical (unpaired) electrons. The number of carbonyl (C=O) groups is 2. The van der Waals surface area contributed by atoms with Crippen LogP contribution in [0.25, 0.3) is 0 Å². The lowest BCUT2D eigenvalue weighted by Crippen LogP contribution is -2.50. The van der Waals surface area contributed by atoms with Crippen molar-refractivity contribution in [2.24, 2.45) is 0 Å². The molecule has 0 bridgehead atoms. The van der Waals surface area contributed by atoms with Gasteiger partial charge in [0.2, 0.25) is 0 Å². The topological polar surface area (TPSA) is 78.9 Å². The van der Waals surface area contributed by atoms with Crippen LogP contribution in [0.2, 0.25) is 0 Å². The molecule has 0 fully saturated rings. The molecule has 0 aromatic rings. The van der Waals surface area contributed by atoms with Crippen molar-refractivity contribution in [2.45, 2.75) is 110 Å². The number of carboxylic acids is 1. The molecule has 0 aliphatic heterocycles. The zero-order chi connectivity index (χ0) is 22.8. The lowest BCUT2D eigenvalue weighted by molar-refractivity contribution is -0.143. The van der Waals surface area contributed by atoms with Crippen LogP contribution in [0, 0.1) is 0 Å². The summed E-state index contributed by atoms with van der Waals surface area (Å²) in [5, 5.41) is 12.4. The number of amides is 1. The molecule has 0 aromatic carbocycles. The largest absolute Gasteiger partial charge is 0.480 e. The van der Waals surface area contributed by atoms with Crippen LogP contribution in [0.15, 0.2) is 12.7 Å². The van der Waals surface area contributed by atoms with Gasteiger partial charge in [-0.2, -0.15) is 0 Å². The maximum atomic E-state index is 11.9. The minimum Gasteiger partial charge on any atom is -0.480 e. The molecule has 0 aliphatic carbocycles. The average molecular weight is 427 g/mol. The number of unbranched alkanes of at least 4 members (excludes halogenated alkanes) is 9. The minimum absolute atomic E-state index is 0.0552. The summed E-state index contributed by atoms with van der Waals surface area (Å²) in [4.78, 5) is 25.8. The number of carbonyl (C=O) groups excluding carboxylic acids is 1. The Morgan fingerprint density at radius 3 is 2.03 bits per heavy atom. The van der Waals surface area contributed by atoms with Crippen molar-refractivity contribution in [3.05, 3.63) is 12.7 Å². The number of ether oxygens (including phenoxy) is 1. The van der Waals surface area contributed by atoms with E-state index in [1.165, 1.54) is 32.1 Å². The lowest BCUT2D eigenvalue weighted by Gasteiger charge is -2.29. The number of hydrogen-bond donors (Lipinski definition) is 2. The van der Waals surface area contributed by atoms with Crippen LogP contribution in [-0.2, 0) is 9.53 Å². The van der Waals surface area contributed by atoms with E-state index >= 15 is 0 Å². The summed E-state index contributed by atoms with van der Waals surface area (Å²) in [6.45, 7) is 12.8. The van der Waals surface area contributed by atoms with Gasteiger partial charge in [0.05, 0.1) is 0 Å². The predicted molar refractivity (Wildman–Crippen MR) is 124 cm³/mol. The quantitative estimate of drug-likeness (QED) is 0.215. The second-order valence-electron chi connectivity index (χ2n) is 9.03. The van der Waals surface area contributed by atoms with Crippen LogP contribution in [0.3, 0.4) is 0 Å². The molecule has 1 amide bonds. The van der Waals surface area contributed by atoms with E-state index in [1.807, 2.05) is 11.0 Å². The van der Waals surface area contributed by atoms with Crippen molar-refractivity contribution in [1.82, 2.24) is 10.2 Å². The summed E-state index contributed by atoms with van der Waals surface area (Å²) in [5.41, 5.74) is -0.602. The smallest absolute Gasteiger partial charge is 0.407 e. The SMILES string of the molecule is C=CCCCCCCCCCN(CCCCC)[C@@H](CNC(=O)OC(C)(C)C)C(=O)O. The molecular formula is C24H46N2O4. The Bertz CT molecular complexity index is 474. The second kappa shape index (κ2) is 17.2. The van der Waals surface area contributed by atoms with E-state index in [4.69, 9.17) is 4.74 Å². The Morgan fingerprint density at radius 2 is 1.53 bits per heavy atom. The van der Waals surface area contributed by atoms with Gasteiger partial charge in [0.25, 0.3) is 0 Å². The third-order valence-corrected chi connectivity index (χ3v) is 4.97. The molecule has 0 aromatic heterocycles. The number of alkyl carbamates (subject to hydrolysis) is 1. The van der Waals surface area contributed by atoms with E-state index in [-0.39, 0.29) is 6.54 Å². The summed E-state index contributed by atoms with van der Waals surface area (Å²) in [5.74, 6) is -0.898. The highest BCUT2D eigenvalue weighted by Crippen LogP contribution is 2.12. The number of nitrogens with one attached hydrogen (secondary N) is 1. The molecule has 0 spiro atoms. The molecule has 30 heavy (non-hydrogen) atoms. The van der Waals surface area contributed by atoms with Gasteiger partial charge in [-0.25, -0.2) is 4.79 Å². The van der Waals surface area contributed by atoms with Gasteiger partial charge in [0.1, 0.15) is 11.6 Å². The summed E-state index contributed by atoms with van der Waals surface area (Å²) >= 11 is 0. The van der Waals surface area contributed by atoms with Crippen molar-refractivity contribution >= 4 is 12.1 Å². The van der Waals surface area contributed by atoms with Gasteiger partial charge in [-0.3, -0.25) is 9.69 Å². The maximum Gasteiger partial charge on any atom is 0.407 e. The first-order valence-electron chi connectivity index (χ1n) is 11.8. The van der Waals surface area contributed by atoms with Gasteiger partial charge in [-0.15, -0.1) is 6.58 Å². The molecule has 2 N–H and O–H groups in total. The van der Waals surface area contributed by atoms with E-state index in [0.717, 1.165) is 51.6 Å². The van der Waals surface area contributed by atoms with Crippen LogP contribution in [-0.4, -0.2) is 53.3 Å². The number of allylic oxidation sites excluding steroid dienone is 1. The van der Waals surface area contributed by atoms with Crippen LogP contribution in [0.5, 0.6) is 0 Å². The highest BCUT2D eigenvalue weighted by molar-refractivity contribution is 5.75. The fraction of sp³-hybridized carbons (Fsp3) is 0.833. The Kier molecular flexibility index (Phi) is 16.3. The van der Waals surface area contributed by atoms with Crippen LogP contribution < -0.4 is 5.32 Å². The Hall–Kier alpha value is -1.56. The number of rotatable bonds is 18. The average Bonchev–Trinajstić information content (AvgIpc) is 2.64. The second-order valence-corrected chi connectivity index (χ2v) is 9.03. The number of carboxylic acid groups (broad SMARTS) is 1. The van der Waals surface area contributed by atoms with E-state index < -0.39 is 23.7 Å². The third-order valence-electron chi connectivity index (χ3n) is 4.97. The van der Waals surface area contributed by atoms with Gasteiger partial charge >= 0.3 is 12.1 Å². The molecule has 0 rings (SSSR count). The van der Waals surface area contributed by atoms with Gasteiger partial charge < -0.3 is 15.2 Å². The predicted octanol–water partition coefficient (Wildman–Crippen LogP) is 5.76. The Balaban J connectivity index is 4.50. The zero-order valence-electron chi connectivity index (χ0n) is 19.9. The van der Waals surface area contributed by atoms with Gasteiger partial charge in [0, 0.05) is 6.54 Å². The summed E-state index contributed by atoms with van der Waals surface area (Å²) in [6.07, 6.45) is 13.9. The highest BCUT2D eigenvalue weighted by atomic mass is 16.6. The first-order valence-corrected chi connectivity index (χ1v) is 11.8. The van der Waals surface area contributed by atoms with E-state index in [9.17, 15) is 14.7 Å². The fourth-order valence-corrected chi connectivity index (χ4v) is 3.34. The van der Waals surface area contributed by atoms with E-state index in [1.54, 1.807) is 20.8 Å². The molecule has 176 valence electrons. The highest BCUT2D eigenvalue weighted by Gasteiger charge is 2.26. The monoisotopic (exact) mass is 426 g/mol. The Labute approximate surface area is 184 Å². The van der Waals surface area contributed by atoms with Crippen LogP contribution in [0.1, 0.15) is 98.3 Å². The Morgan fingerprint density at radius 1 is 1.00 bits per heavy atom.